The Balaban J connectivity index is 2.12. The fraction of sp³-hybridized carbons (Fsp3) is 0.462. The van der Waals surface area contributed by atoms with Gasteiger partial charge in [-0.3, -0.25) is 4.79 Å². The van der Waals surface area contributed by atoms with Gasteiger partial charge in [-0.25, -0.2) is 0 Å². The van der Waals surface area contributed by atoms with E-state index in [4.69, 9.17) is 9.47 Å². The molecule has 1 rings (SSSR count). The van der Waals surface area contributed by atoms with E-state index < -0.39 is 0 Å². The highest BCUT2D eigenvalue weighted by molar-refractivity contribution is 5.72. The molecule has 0 aromatic heterocycles. The second-order valence-corrected chi connectivity index (χ2v) is 3.50. The normalized spacial score (nSPS) is 10.1. The van der Waals surface area contributed by atoms with Crippen LogP contribution in [0.25, 0.3) is 0 Å². The van der Waals surface area contributed by atoms with Gasteiger partial charge in [0.25, 0.3) is 0 Å². The Morgan fingerprint density at radius 2 is 1.94 bits per heavy atom. The number of carbonyl (C=O) groups is 1. The molecule has 0 spiro atoms. The lowest BCUT2D eigenvalue weighted by molar-refractivity contribution is -0.135. The van der Waals surface area contributed by atoms with Crippen molar-refractivity contribution in [1.29, 1.82) is 0 Å². The summed E-state index contributed by atoms with van der Waals surface area (Å²) >= 11 is 0. The van der Waals surface area contributed by atoms with Gasteiger partial charge in [-0.1, -0.05) is 31.5 Å². The molecule has 0 amide bonds. The summed E-state index contributed by atoms with van der Waals surface area (Å²) < 4.78 is 10.4. The summed E-state index contributed by atoms with van der Waals surface area (Å²) in [4.78, 5) is 11.3. The Bertz CT molecular complexity index is 295. The standard InChI is InChI=1S/C13H18O3/c1-2-3-10-15-11-9-13(14)16-12-7-5-4-6-8-12/h4-8H,2-3,9-11H2,1H3. The van der Waals surface area contributed by atoms with Gasteiger partial charge in [0.05, 0.1) is 13.0 Å². The van der Waals surface area contributed by atoms with E-state index in [1.807, 2.05) is 18.2 Å². The average molecular weight is 222 g/mol. The van der Waals surface area contributed by atoms with Crippen LogP contribution in [0.3, 0.4) is 0 Å². The van der Waals surface area contributed by atoms with Crippen LogP contribution >= 0.6 is 0 Å². The molecule has 0 bridgehead atoms. The summed E-state index contributed by atoms with van der Waals surface area (Å²) in [5.41, 5.74) is 0. The van der Waals surface area contributed by atoms with E-state index in [-0.39, 0.29) is 5.97 Å². The minimum Gasteiger partial charge on any atom is -0.426 e. The highest BCUT2D eigenvalue weighted by Gasteiger charge is 2.03. The molecule has 0 N–H and O–H groups in total. The van der Waals surface area contributed by atoms with E-state index in [9.17, 15) is 4.79 Å². The van der Waals surface area contributed by atoms with E-state index >= 15 is 0 Å². The van der Waals surface area contributed by atoms with Crippen molar-refractivity contribution in [2.75, 3.05) is 13.2 Å². The molecule has 88 valence electrons. The maximum Gasteiger partial charge on any atom is 0.313 e. The van der Waals surface area contributed by atoms with Crippen molar-refractivity contribution in [2.45, 2.75) is 26.2 Å². The van der Waals surface area contributed by atoms with Crippen LogP contribution in [0.1, 0.15) is 26.2 Å². The van der Waals surface area contributed by atoms with E-state index in [0.29, 0.717) is 18.8 Å². The number of para-hydroxylation sites is 1. The number of unbranched alkanes of at least 4 members (excludes halogenated alkanes) is 1. The summed E-state index contributed by atoms with van der Waals surface area (Å²) in [5.74, 6) is 0.337. The van der Waals surface area contributed by atoms with Crippen molar-refractivity contribution in [2.24, 2.45) is 0 Å². The minimum atomic E-state index is -0.248. The molecule has 0 aliphatic heterocycles. The zero-order valence-corrected chi connectivity index (χ0v) is 9.65. The lowest BCUT2D eigenvalue weighted by Crippen LogP contribution is -2.11. The van der Waals surface area contributed by atoms with Gasteiger partial charge in [-0.15, -0.1) is 0 Å². The maximum absolute atomic E-state index is 11.3. The van der Waals surface area contributed by atoms with Crippen LogP contribution < -0.4 is 4.74 Å². The summed E-state index contributed by atoms with van der Waals surface area (Å²) in [7, 11) is 0. The Kier molecular flexibility index (Phi) is 6.26. The molecule has 0 atom stereocenters. The van der Waals surface area contributed by atoms with Crippen molar-refractivity contribution < 1.29 is 14.3 Å². The second kappa shape index (κ2) is 7.88. The van der Waals surface area contributed by atoms with Crippen LogP contribution in [-0.4, -0.2) is 19.2 Å². The third-order valence-electron chi connectivity index (χ3n) is 2.07. The van der Waals surface area contributed by atoms with Crippen molar-refractivity contribution in [3.05, 3.63) is 30.3 Å². The Hall–Kier alpha value is -1.35. The first-order valence-electron chi connectivity index (χ1n) is 5.66. The van der Waals surface area contributed by atoms with Crippen LogP contribution in [0.5, 0.6) is 5.75 Å². The van der Waals surface area contributed by atoms with E-state index in [1.165, 1.54) is 0 Å². The van der Waals surface area contributed by atoms with Gasteiger partial charge in [-0.2, -0.15) is 0 Å². The van der Waals surface area contributed by atoms with Crippen molar-refractivity contribution in [1.82, 2.24) is 0 Å². The summed E-state index contributed by atoms with van der Waals surface area (Å²) in [6.45, 7) is 3.26. The lowest BCUT2D eigenvalue weighted by atomic mass is 10.3. The van der Waals surface area contributed by atoms with E-state index in [1.54, 1.807) is 12.1 Å². The highest BCUT2D eigenvalue weighted by Crippen LogP contribution is 2.09. The predicted molar refractivity (Wildman–Crippen MR) is 62.4 cm³/mol. The summed E-state index contributed by atoms with van der Waals surface area (Å²) in [6, 6.07) is 9.07. The van der Waals surface area contributed by atoms with Crippen molar-refractivity contribution >= 4 is 5.97 Å². The SMILES string of the molecule is CCCCOCCC(=O)Oc1ccccc1. The quantitative estimate of drug-likeness (QED) is 0.404. The third-order valence-corrected chi connectivity index (χ3v) is 2.07. The third kappa shape index (κ3) is 5.51. The van der Waals surface area contributed by atoms with Gasteiger partial charge in [-0.05, 0) is 18.6 Å². The molecule has 1 aromatic rings. The first-order chi connectivity index (χ1) is 7.83. The first-order valence-corrected chi connectivity index (χ1v) is 5.66. The number of rotatable bonds is 7. The van der Waals surface area contributed by atoms with Gasteiger partial charge in [0.15, 0.2) is 0 Å². The monoisotopic (exact) mass is 222 g/mol. The number of benzene rings is 1. The topological polar surface area (TPSA) is 35.5 Å². The smallest absolute Gasteiger partial charge is 0.313 e. The molecule has 3 nitrogen and oxygen atoms in total. The van der Waals surface area contributed by atoms with Gasteiger partial charge < -0.3 is 9.47 Å². The second-order valence-electron chi connectivity index (χ2n) is 3.50. The first kappa shape index (κ1) is 12.7. The number of ether oxygens (including phenoxy) is 2. The van der Waals surface area contributed by atoms with Gasteiger partial charge in [0.1, 0.15) is 5.75 Å². The molecule has 16 heavy (non-hydrogen) atoms. The number of esters is 1. The van der Waals surface area contributed by atoms with Crippen LogP contribution in [-0.2, 0) is 9.53 Å². The molecular formula is C13H18O3. The Morgan fingerprint density at radius 1 is 1.19 bits per heavy atom. The molecule has 0 aliphatic rings. The largest absolute Gasteiger partial charge is 0.426 e. The van der Waals surface area contributed by atoms with Crippen LogP contribution in [0.4, 0.5) is 0 Å². The number of carbonyl (C=O) groups excluding carboxylic acids is 1. The number of hydrogen-bond donors (Lipinski definition) is 0. The zero-order chi connectivity index (χ0) is 11.6. The van der Waals surface area contributed by atoms with Gasteiger partial charge >= 0.3 is 5.97 Å². The Labute approximate surface area is 96.4 Å². The molecule has 0 fully saturated rings. The minimum absolute atomic E-state index is 0.248. The highest BCUT2D eigenvalue weighted by atomic mass is 16.5. The fourth-order valence-electron chi connectivity index (χ4n) is 1.17. The van der Waals surface area contributed by atoms with E-state index in [0.717, 1.165) is 19.4 Å². The lowest BCUT2D eigenvalue weighted by Gasteiger charge is -2.04. The zero-order valence-electron chi connectivity index (χ0n) is 9.65. The number of hydrogen-bond acceptors (Lipinski definition) is 3. The molecule has 0 saturated carbocycles. The van der Waals surface area contributed by atoms with Gasteiger partial charge in [0, 0.05) is 6.61 Å². The molecule has 0 heterocycles. The van der Waals surface area contributed by atoms with Crippen LogP contribution in [0, 0.1) is 0 Å². The van der Waals surface area contributed by atoms with Crippen molar-refractivity contribution in [3.63, 3.8) is 0 Å². The molecule has 0 aliphatic carbocycles. The molecule has 0 unspecified atom stereocenters. The summed E-state index contributed by atoms with van der Waals surface area (Å²) in [5, 5.41) is 0. The van der Waals surface area contributed by atoms with Crippen LogP contribution in [0.2, 0.25) is 0 Å². The fourth-order valence-corrected chi connectivity index (χ4v) is 1.17. The average Bonchev–Trinajstić information content (AvgIpc) is 2.30. The molecule has 3 heteroatoms. The van der Waals surface area contributed by atoms with Gasteiger partial charge in [0.2, 0.25) is 0 Å². The predicted octanol–water partition coefficient (Wildman–Crippen LogP) is 2.80. The summed E-state index contributed by atoms with van der Waals surface area (Å²) in [6.07, 6.45) is 2.45. The molecular weight excluding hydrogens is 204 g/mol. The maximum atomic E-state index is 11.3. The molecule has 0 radical (unpaired) electrons. The van der Waals surface area contributed by atoms with E-state index in [2.05, 4.69) is 6.92 Å². The molecule has 0 saturated heterocycles. The Morgan fingerprint density at radius 3 is 2.62 bits per heavy atom. The molecule has 1 aromatic carbocycles. The van der Waals surface area contributed by atoms with Crippen LogP contribution in [0.15, 0.2) is 30.3 Å². The van der Waals surface area contributed by atoms with Crippen molar-refractivity contribution in [3.8, 4) is 5.75 Å².